The van der Waals surface area contributed by atoms with E-state index in [1.54, 1.807) is 0 Å². The molecular formula is C14H16N2O3. The number of anilines is 1. The predicted molar refractivity (Wildman–Crippen MR) is 71.0 cm³/mol. The van der Waals surface area contributed by atoms with Crippen LogP contribution in [0.25, 0.3) is 0 Å². The molecule has 0 atom stereocenters. The molecule has 0 fully saturated rings. The van der Waals surface area contributed by atoms with Crippen molar-refractivity contribution in [2.75, 3.05) is 11.4 Å². The topological polar surface area (TPSA) is 66.6 Å². The van der Waals surface area contributed by atoms with Gasteiger partial charge in [0.2, 0.25) is 0 Å². The summed E-state index contributed by atoms with van der Waals surface area (Å²) in [5.41, 5.74) is 1.79. The van der Waals surface area contributed by atoms with Gasteiger partial charge in [0.25, 0.3) is 0 Å². The summed E-state index contributed by atoms with van der Waals surface area (Å²) in [5, 5.41) is 12.7. The number of para-hydroxylation sites is 1. The third-order valence-electron chi connectivity index (χ3n) is 2.74. The van der Waals surface area contributed by atoms with Crippen molar-refractivity contribution in [3.63, 3.8) is 0 Å². The molecule has 0 aliphatic carbocycles. The number of aryl methyl sites for hydroxylation is 1. The molecule has 0 saturated heterocycles. The van der Waals surface area contributed by atoms with Gasteiger partial charge in [0.1, 0.15) is 0 Å². The molecule has 100 valence electrons. The van der Waals surface area contributed by atoms with Crippen LogP contribution in [0.3, 0.4) is 0 Å². The zero-order valence-electron chi connectivity index (χ0n) is 10.7. The molecule has 1 aromatic heterocycles. The van der Waals surface area contributed by atoms with Crippen LogP contribution in [-0.4, -0.2) is 22.8 Å². The zero-order chi connectivity index (χ0) is 13.7. The fourth-order valence-electron chi connectivity index (χ4n) is 1.85. The van der Waals surface area contributed by atoms with E-state index in [-0.39, 0.29) is 6.42 Å². The van der Waals surface area contributed by atoms with E-state index in [0.717, 1.165) is 17.1 Å². The Hall–Kier alpha value is -2.30. The molecule has 1 heterocycles. The van der Waals surface area contributed by atoms with E-state index < -0.39 is 5.97 Å². The molecule has 0 aliphatic heterocycles. The number of aliphatic carboxylic acids is 1. The van der Waals surface area contributed by atoms with E-state index in [1.165, 1.54) is 0 Å². The molecule has 19 heavy (non-hydrogen) atoms. The number of carboxylic acid groups (broad SMARTS) is 1. The Kier molecular flexibility index (Phi) is 4.18. The Balaban J connectivity index is 2.12. The summed E-state index contributed by atoms with van der Waals surface area (Å²) in [7, 11) is 0. The van der Waals surface area contributed by atoms with E-state index >= 15 is 0 Å². The van der Waals surface area contributed by atoms with Gasteiger partial charge in [0, 0.05) is 18.3 Å². The van der Waals surface area contributed by atoms with Crippen LogP contribution in [0.4, 0.5) is 5.69 Å². The van der Waals surface area contributed by atoms with E-state index in [1.807, 2.05) is 48.2 Å². The van der Waals surface area contributed by atoms with Crippen LogP contribution in [-0.2, 0) is 11.3 Å². The van der Waals surface area contributed by atoms with Crippen molar-refractivity contribution >= 4 is 11.7 Å². The van der Waals surface area contributed by atoms with Crippen molar-refractivity contribution in [3.8, 4) is 0 Å². The summed E-state index contributed by atoms with van der Waals surface area (Å²) in [4.78, 5) is 12.7. The standard InChI is InChI=1S/C14H16N2O3/c1-11-9-13(19-15-11)10-16(8-7-14(17)18)12-5-3-2-4-6-12/h2-6,9H,7-8,10H2,1H3,(H,17,18). The van der Waals surface area contributed by atoms with Crippen molar-refractivity contribution < 1.29 is 14.4 Å². The SMILES string of the molecule is Cc1cc(CN(CCC(=O)O)c2ccccc2)on1. The number of hydrogen-bond acceptors (Lipinski definition) is 4. The normalized spacial score (nSPS) is 10.4. The Morgan fingerprint density at radius 2 is 2.11 bits per heavy atom. The lowest BCUT2D eigenvalue weighted by atomic mass is 10.2. The number of carbonyl (C=O) groups is 1. The first-order valence-corrected chi connectivity index (χ1v) is 6.09. The first kappa shape index (κ1) is 13.1. The largest absolute Gasteiger partial charge is 0.481 e. The van der Waals surface area contributed by atoms with Gasteiger partial charge in [-0.05, 0) is 19.1 Å². The van der Waals surface area contributed by atoms with Crippen LogP contribution in [0.5, 0.6) is 0 Å². The predicted octanol–water partition coefficient (Wildman–Crippen LogP) is 2.46. The first-order valence-electron chi connectivity index (χ1n) is 6.09. The maximum absolute atomic E-state index is 10.7. The van der Waals surface area contributed by atoms with Crippen LogP contribution in [0.2, 0.25) is 0 Å². The summed E-state index contributed by atoms with van der Waals surface area (Å²) in [6, 6.07) is 11.5. The molecule has 0 aliphatic rings. The maximum atomic E-state index is 10.7. The Morgan fingerprint density at radius 3 is 2.68 bits per heavy atom. The maximum Gasteiger partial charge on any atom is 0.305 e. The highest BCUT2D eigenvalue weighted by Crippen LogP contribution is 2.17. The number of nitrogens with zero attached hydrogens (tertiary/aromatic N) is 2. The van der Waals surface area contributed by atoms with Gasteiger partial charge in [-0.3, -0.25) is 4.79 Å². The molecular weight excluding hydrogens is 244 g/mol. The highest BCUT2D eigenvalue weighted by molar-refractivity contribution is 5.67. The molecule has 2 aromatic rings. The highest BCUT2D eigenvalue weighted by atomic mass is 16.5. The molecule has 0 unspecified atom stereocenters. The van der Waals surface area contributed by atoms with E-state index in [2.05, 4.69) is 5.16 Å². The molecule has 0 bridgehead atoms. The van der Waals surface area contributed by atoms with Crippen LogP contribution in [0, 0.1) is 6.92 Å². The summed E-state index contributed by atoms with van der Waals surface area (Å²) in [5.74, 6) is -0.0820. The van der Waals surface area contributed by atoms with Gasteiger partial charge in [-0.1, -0.05) is 23.4 Å². The quantitative estimate of drug-likeness (QED) is 0.864. The Bertz CT molecular complexity index is 537. The first-order chi connectivity index (χ1) is 9.15. The second-order valence-corrected chi connectivity index (χ2v) is 4.34. The second-order valence-electron chi connectivity index (χ2n) is 4.34. The summed E-state index contributed by atoms with van der Waals surface area (Å²) in [6.07, 6.45) is 0.0853. The van der Waals surface area contributed by atoms with Crippen LogP contribution < -0.4 is 4.90 Å². The van der Waals surface area contributed by atoms with E-state index in [0.29, 0.717) is 13.1 Å². The Labute approximate surface area is 111 Å². The van der Waals surface area contributed by atoms with E-state index in [9.17, 15) is 4.79 Å². The van der Waals surface area contributed by atoms with Gasteiger partial charge in [-0.2, -0.15) is 0 Å². The summed E-state index contributed by atoms with van der Waals surface area (Å²) in [6.45, 7) is 2.80. The average Bonchev–Trinajstić information content (AvgIpc) is 2.81. The van der Waals surface area contributed by atoms with Gasteiger partial charge in [-0.25, -0.2) is 0 Å². The van der Waals surface area contributed by atoms with Gasteiger partial charge >= 0.3 is 5.97 Å². The second kappa shape index (κ2) is 6.04. The molecule has 5 heteroatoms. The monoisotopic (exact) mass is 260 g/mol. The summed E-state index contributed by atoms with van der Waals surface area (Å²) >= 11 is 0. The molecule has 1 aromatic carbocycles. The van der Waals surface area contributed by atoms with Gasteiger partial charge < -0.3 is 14.5 Å². The number of aromatic nitrogens is 1. The lowest BCUT2D eigenvalue weighted by Gasteiger charge is -2.22. The lowest BCUT2D eigenvalue weighted by Crippen LogP contribution is -2.25. The third kappa shape index (κ3) is 3.84. The minimum absolute atomic E-state index is 0.0853. The van der Waals surface area contributed by atoms with Crippen LogP contribution in [0.15, 0.2) is 40.9 Å². The minimum Gasteiger partial charge on any atom is -0.481 e. The Morgan fingerprint density at radius 1 is 1.37 bits per heavy atom. The van der Waals surface area contributed by atoms with Crippen molar-refractivity contribution in [1.82, 2.24) is 5.16 Å². The van der Waals surface area contributed by atoms with Gasteiger partial charge in [0.05, 0.1) is 18.7 Å². The fraction of sp³-hybridized carbons (Fsp3) is 0.286. The number of hydrogen-bond donors (Lipinski definition) is 1. The lowest BCUT2D eigenvalue weighted by molar-refractivity contribution is -0.136. The van der Waals surface area contributed by atoms with Crippen molar-refractivity contribution in [3.05, 3.63) is 47.9 Å². The number of rotatable bonds is 6. The average molecular weight is 260 g/mol. The fourth-order valence-corrected chi connectivity index (χ4v) is 1.85. The minimum atomic E-state index is -0.810. The highest BCUT2D eigenvalue weighted by Gasteiger charge is 2.11. The van der Waals surface area contributed by atoms with Crippen LogP contribution in [0.1, 0.15) is 17.9 Å². The van der Waals surface area contributed by atoms with E-state index in [4.69, 9.17) is 9.63 Å². The number of benzene rings is 1. The van der Waals surface area contributed by atoms with Crippen LogP contribution >= 0.6 is 0 Å². The van der Waals surface area contributed by atoms with Crippen molar-refractivity contribution in [2.24, 2.45) is 0 Å². The van der Waals surface area contributed by atoms with Crippen molar-refractivity contribution in [2.45, 2.75) is 19.9 Å². The molecule has 0 amide bonds. The zero-order valence-corrected chi connectivity index (χ0v) is 10.7. The molecule has 0 spiro atoms. The van der Waals surface area contributed by atoms with Gasteiger partial charge in [0.15, 0.2) is 5.76 Å². The number of carboxylic acids is 1. The molecule has 0 radical (unpaired) electrons. The van der Waals surface area contributed by atoms with Gasteiger partial charge in [-0.15, -0.1) is 0 Å². The third-order valence-corrected chi connectivity index (χ3v) is 2.74. The van der Waals surface area contributed by atoms with Crippen molar-refractivity contribution in [1.29, 1.82) is 0 Å². The molecule has 0 saturated carbocycles. The smallest absolute Gasteiger partial charge is 0.305 e. The molecule has 5 nitrogen and oxygen atoms in total. The molecule has 2 rings (SSSR count). The summed E-state index contributed by atoms with van der Waals surface area (Å²) < 4.78 is 5.18. The molecule has 1 N–H and O–H groups in total.